The third-order valence-corrected chi connectivity index (χ3v) is 10.1. The van der Waals surface area contributed by atoms with Crippen molar-refractivity contribution in [1.29, 1.82) is 0 Å². The quantitative estimate of drug-likeness (QED) is 0.230. The van der Waals surface area contributed by atoms with Crippen LogP contribution < -0.4 is 10.6 Å². The van der Waals surface area contributed by atoms with Crippen molar-refractivity contribution in [1.82, 2.24) is 10.2 Å². The van der Waals surface area contributed by atoms with Crippen molar-refractivity contribution in [3.8, 4) is 0 Å². The molecule has 0 radical (unpaired) electrons. The van der Waals surface area contributed by atoms with Gasteiger partial charge in [0.15, 0.2) is 6.04 Å². The van der Waals surface area contributed by atoms with Gasteiger partial charge in [-0.1, -0.05) is 57.2 Å². The second kappa shape index (κ2) is 15.3. The van der Waals surface area contributed by atoms with Gasteiger partial charge in [0, 0.05) is 18.2 Å². The molecule has 3 atom stereocenters. The van der Waals surface area contributed by atoms with Crippen LogP contribution in [-0.2, 0) is 9.59 Å². The van der Waals surface area contributed by atoms with Crippen LogP contribution in [0.4, 0.5) is 5.69 Å². The van der Waals surface area contributed by atoms with Crippen LogP contribution in [0.1, 0.15) is 114 Å². The number of unbranched alkanes of at least 4 members (excludes halogenated alkanes) is 2. The smallest absolute Gasteiger partial charge is 0.282 e. The summed E-state index contributed by atoms with van der Waals surface area (Å²) in [5.41, 5.74) is 3.27. The number of anilines is 1. The molecule has 0 aromatic heterocycles. The molecule has 4 rings (SSSR count). The maximum Gasteiger partial charge on any atom is 0.282 e. The zero-order valence-corrected chi connectivity index (χ0v) is 25.8. The molecule has 2 amide bonds. The molecule has 0 bridgehead atoms. The topological polar surface area (TPSA) is 61.4 Å². The minimum Gasteiger partial charge on any atom is -0.352 e. The number of hydrogen-bond acceptors (Lipinski definition) is 3. The number of nitrogens with one attached hydrogen (secondary N) is 2. The van der Waals surface area contributed by atoms with Gasteiger partial charge >= 0.3 is 0 Å². The molecule has 3 fully saturated rings. The van der Waals surface area contributed by atoms with Crippen molar-refractivity contribution in [2.45, 2.75) is 135 Å². The Morgan fingerprint density at radius 3 is 2.30 bits per heavy atom. The molecule has 1 saturated carbocycles. The molecule has 40 heavy (non-hydrogen) atoms. The van der Waals surface area contributed by atoms with Crippen LogP contribution in [0.5, 0.6) is 0 Å². The third-order valence-electron chi connectivity index (χ3n) is 10.1. The van der Waals surface area contributed by atoms with Crippen LogP contribution >= 0.6 is 0 Å². The molecule has 3 aliphatic rings. The van der Waals surface area contributed by atoms with Crippen molar-refractivity contribution in [3.05, 3.63) is 29.3 Å². The summed E-state index contributed by atoms with van der Waals surface area (Å²) in [6, 6.07) is 6.71. The van der Waals surface area contributed by atoms with Crippen LogP contribution in [0.3, 0.4) is 0 Å². The molecular weight excluding hydrogens is 496 g/mol. The Bertz CT molecular complexity index is 939. The molecule has 6 nitrogen and oxygen atoms in total. The molecule has 2 saturated heterocycles. The number of rotatable bonds is 12. The lowest BCUT2D eigenvalue weighted by atomic mass is 9.94. The SMILES string of the molecule is CCCC[N+]1(CCCCN2CCCCC2C(=O)NC2CCCCC2)CCCCC1C(=O)Nc1c(C)cccc1C. The summed E-state index contributed by atoms with van der Waals surface area (Å²) in [5, 5.41) is 6.77. The van der Waals surface area contributed by atoms with Gasteiger partial charge in [-0.05, 0) is 95.9 Å². The Hall–Kier alpha value is -1.92. The first-order valence-electron chi connectivity index (χ1n) is 16.7. The molecular formula is C34H57N4O2+. The highest BCUT2D eigenvalue weighted by Crippen LogP contribution is 2.30. The van der Waals surface area contributed by atoms with Crippen molar-refractivity contribution in [3.63, 3.8) is 0 Å². The first kappa shape index (κ1) is 31.0. The maximum atomic E-state index is 13.8. The van der Waals surface area contributed by atoms with Crippen LogP contribution in [-0.4, -0.2) is 72.0 Å². The van der Waals surface area contributed by atoms with E-state index in [2.05, 4.69) is 54.5 Å². The average Bonchev–Trinajstić information content (AvgIpc) is 2.97. The highest BCUT2D eigenvalue weighted by atomic mass is 16.2. The monoisotopic (exact) mass is 553 g/mol. The second-order valence-electron chi connectivity index (χ2n) is 13.1. The standard InChI is InChI=1S/C34H56N4O2/c1-4-5-24-38(25-13-10-21-31(38)34(40)36-32-27(2)16-15-17-28(32)3)26-14-12-23-37-22-11-9-20-30(37)33(39)35-29-18-7-6-8-19-29/h15-17,29-31H,4-14,18-26H2,1-3H3,(H-,35,36,39,40)/p+1. The van der Waals surface area contributed by atoms with Crippen molar-refractivity contribution >= 4 is 17.5 Å². The summed E-state index contributed by atoms with van der Waals surface area (Å²) < 4.78 is 0.941. The van der Waals surface area contributed by atoms with Gasteiger partial charge in [0.1, 0.15) is 0 Å². The molecule has 3 unspecified atom stereocenters. The maximum absolute atomic E-state index is 13.8. The number of carbonyl (C=O) groups is 2. The molecule has 1 aromatic rings. The Morgan fingerprint density at radius 2 is 1.55 bits per heavy atom. The van der Waals surface area contributed by atoms with Crippen LogP contribution in [0, 0.1) is 13.8 Å². The van der Waals surface area contributed by atoms with Gasteiger partial charge in [0.2, 0.25) is 5.91 Å². The van der Waals surface area contributed by atoms with E-state index in [4.69, 9.17) is 0 Å². The highest BCUT2D eigenvalue weighted by Gasteiger charge is 2.43. The minimum absolute atomic E-state index is 0.0308. The number of piperidine rings is 2. The van der Waals surface area contributed by atoms with E-state index in [9.17, 15) is 9.59 Å². The Labute approximate surface area is 244 Å². The van der Waals surface area contributed by atoms with E-state index in [1.165, 1.54) is 38.5 Å². The molecule has 1 aliphatic carbocycles. The first-order valence-corrected chi connectivity index (χ1v) is 16.7. The predicted octanol–water partition coefficient (Wildman–Crippen LogP) is 6.49. The lowest BCUT2D eigenvalue weighted by Crippen LogP contribution is -2.63. The van der Waals surface area contributed by atoms with E-state index < -0.39 is 0 Å². The summed E-state index contributed by atoms with van der Waals surface area (Å²) in [5.74, 6) is 0.487. The number of likely N-dealkylation sites (tertiary alicyclic amines) is 2. The van der Waals surface area contributed by atoms with Gasteiger partial charge < -0.3 is 15.1 Å². The molecule has 6 heteroatoms. The summed E-state index contributed by atoms with van der Waals surface area (Å²) in [6.07, 6.45) is 17.4. The third kappa shape index (κ3) is 8.09. The largest absolute Gasteiger partial charge is 0.352 e. The summed E-state index contributed by atoms with van der Waals surface area (Å²) in [7, 11) is 0. The number of nitrogens with zero attached hydrogens (tertiary/aromatic N) is 2. The fourth-order valence-electron chi connectivity index (χ4n) is 7.75. The minimum atomic E-state index is 0.0308. The van der Waals surface area contributed by atoms with Gasteiger partial charge in [0.25, 0.3) is 5.91 Å². The lowest BCUT2D eigenvalue weighted by molar-refractivity contribution is -0.947. The second-order valence-corrected chi connectivity index (χ2v) is 13.1. The van der Waals surface area contributed by atoms with E-state index >= 15 is 0 Å². The van der Waals surface area contributed by atoms with Crippen molar-refractivity contribution in [2.24, 2.45) is 0 Å². The van der Waals surface area contributed by atoms with Crippen molar-refractivity contribution in [2.75, 3.05) is 38.0 Å². The van der Waals surface area contributed by atoms with Crippen LogP contribution in [0.2, 0.25) is 0 Å². The van der Waals surface area contributed by atoms with Crippen LogP contribution in [0.15, 0.2) is 18.2 Å². The Morgan fingerprint density at radius 1 is 0.850 bits per heavy atom. The van der Waals surface area contributed by atoms with E-state index in [1.807, 2.05) is 0 Å². The van der Waals surface area contributed by atoms with E-state index in [0.29, 0.717) is 6.04 Å². The van der Waals surface area contributed by atoms with Gasteiger partial charge in [-0.2, -0.15) is 0 Å². The van der Waals surface area contributed by atoms with Gasteiger partial charge in [-0.25, -0.2) is 0 Å². The average molecular weight is 554 g/mol. The van der Waals surface area contributed by atoms with Crippen LogP contribution in [0.25, 0.3) is 0 Å². The number of para-hydroxylation sites is 1. The van der Waals surface area contributed by atoms with E-state index in [0.717, 1.165) is 112 Å². The number of hydrogen-bond donors (Lipinski definition) is 2. The zero-order chi connectivity index (χ0) is 28.4. The first-order chi connectivity index (χ1) is 19.4. The van der Waals surface area contributed by atoms with Gasteiger partial charge in [0.05, 0.1) is 25.7 Å². The van der Waals surface area contributed by atoms with Gasteiger partial charge in [-0.15, -0.1) is 0 Å². The summed E-state index contributed by atoms with van der Waals surface area (Å²) in [4.78, 5) is 29.5. The molecule has 2 heterocycles. The molecule has 2 N–H and O–H groups in total. The lowest BCUT2D eigenvalue weighted by Gasteiger charge is -2.47. The summed E-state index contributed by atoms with van der Waals surface area (Å²) >= 11 is 0. The number of amides is 2. The number of benzene rings is 1. The zero-order valence-electron chi connectivity index (χ0n) is 25.8. The molecule has 1 aromatic carbocycles. The predicted molar refractivity (Wildman–Crippen MR) is 165 cm³/mol. The fourth-order valence-corrected chi connectivity index (χ4v) is 7.75. The number of quaternary nitrogens is 1. The van der Waals surface area contributed by atoms with E-state index in [1.54, 1.807) is 0 Å². The van der Waals surface area contributed by atoms with Gasteiger partial charge in [-0.3, -0.25) is 14.5 Å². The van der Waals surface area contributed by atoms with Crippen molar-refractivity contribution < 1.29 is 14.1 Å². The van der Waals surface area contributed by atoms with E-state index in [-0.39, 0.29) is 23.9 Å². The fraction of sp³-hybridized carbons (Fsp3) is 0.765. The Kier molecular flexibility index (Phi) is 11.9. The number of aryl methyl sites for hydroxylation is 2. The normalized spacial score (nSPS) is 26.4. The molecule has 2 aliphatic heterocycles. The number of carbonyl (C=O) groups excluding carboxylic acids is 2. The summed E-state index contributed by atoms with van der Waals surface area (Å²) in [6.45, 7) is 11.8. The molecule has 224 valence electrons. The highest BCUT2D eigenvalue weighted by molar-refractivity contribution is 5.95. The molecule has 0 spiro atoms. The Balaban J connectivity index is 1.36.